The van der Waals surface area contributed by atoms with E-state index in [-0.39, 0.29) is 0 Å². The van der Waals surface area contributed by atoms with Gasteiger partial charge in [0.2, 0.25) is 0 Å². The lowest BCUT2D eigenvalue weighted by molar-refractivity contribution is 0.255. The second-order valence-corrected chi connectivity index (χ2v) is 4.18. The molecule has 0 bridgehead atoms. The molecule has 0 aromatic carbocycles. The first kappa shape index (κ1) is 15.8. The zero-order valence-corrected chi connectivity index (χ0v) is 11.3. The van der Waals surface area contributed by atoms with Crippen LogP contribution in [-0.2, 0) is 0 Å². The summed E-state index contributed by atoms with van der Waals surface area (Å²) in [5, 5.41) is 6.72. The molecule has 0 rings (SSSR count). The first-order chi connectivity index (χ1) is 7.74. The van der Waals surface area contributed by atoms with Gasteiger partial charge in [-0.25, -0.2) is 0 Å². The number of hydrogen-bond acceptors (Lipinski definition) is 4. The Morgan fingerprint density at radius 1 is 1.00 bits per heavy atom. The van der Waals surface area contributed by atoms with Gasteiger partial charge in [-0.3, -0.25) is 4.90 Å². The molecule has 0 aromatic heterocycles. The third kappa shape index (κ3) is 9.09. The number of hydrogen-bond donors (Lipinski definition) is 3. The maximum atomic E-state index is 6.00. The normalized spacial score (nSPS) is 13.3. The molecule has 0 aliphatic heterocycles. The molecular weight excluding hydrogens is 200 g/mol. The van der Waals surface area contributed by atoms with Gasteiger partial charge in [-0.05, 0) is 19.5 Å². The molecule has 0 saturated heterocycles. The van der Waals surface area contributed by atoms with Crippen LogP contribution in [0.1, 0.15) is 27.2 Å². The minimum Gasteiger partial charge on any atom is -0.327 e. The van der Waals surface area contributed by atoms with Crippen molar-refractivity contribution in [2.75, 3.05) is 45.8 Å². The molecule has 0 spiro atoms. The monoisotopic (exact) mass is 230 g/mol. The molecule has 0 fully saturated rings. The lowest BCUT2D eigenvalue weighted by atomic mass is 10.2. The summed E-state index contributed by atoms with van der Waals surface area (Å²) in [6.45, 7) is 13.8. The van der Waals surface area contributed by atoms with E-state index in [4.69, 9.17) is 5.73 Å². The molecule has 98 valence electrons. The number of likely N-dealkylation sites (N-methyl/N-ethyl adjacent to an activating group) is 2. The highest BCUT2D eigenvalue weighted by Crippen LogP contribution is 1.93. The first-order valence-electron chi connectivity index (χ1n) is 6.63. The molecule has 0 saturated carbocycles. The van der Waals surface area contributed by atoms with E-state index in [0.717, 1.165) is 52.2 Å². The van der Waals surface area contributed by atoms with E-state index in [1.54, 1.807) is 0 Å². The zero-order valence-electron chi connectivity index (χ0n) is 11.3. The van der Waals surface area contributed by atoms with Crippen molar-refractivity contribution in [2.24, 2.45) is 5.73 Å². The van der Waals surface area contributed by atoms with E-state index in [1.165, 1.54) is 0 Å². The van der Waals surface area contributed by atoms with Crippen molar-refractivity contribution in [3.8, 4) is 0 Å². The van der Waals surface area contributed by atoms with E-state index < -0.39 is 0 Å². The number of rotatable bonds is 11. The topological polar surface area (TPSA) is 53.3 Å². The summed E-state index contributed by atoms with van der Waals surface area (Å²) in [5.74, 6) is 0. The van der Waals surface area contributed by atoms with Crippen molar-refractivity contribution in [1.29, 1.82) is 0 Å². The first-order valence-corrected chi connectivity index (χ1v) is 6.63. The fraction of sp³-hybridized carbons (Fsp3) is 1.00. The van der Waals surface area contributed by atoms with Crippen molar-refractivity contribution in [3.05, 3.63) is 0 Å². The third-order valence-corrected chi connectivity index (χ3v) is 2.73. The SMILES string of the molecule is CCNCCN(CCNCC)CC(N)CC. The van der Waals surface area contributed by atoms with Gasteiger partial charge in [0, 0.05) is 38.8 Å². The van der Waals surface area contributed by atoms with Gasteiger partial charge in [0.15, 0.2) is 0 Å². The Morgan fingerprint density at radius 3 is 1.88 bits per heavy atom. The van der Waals surface area contributed by atoms with Crippen LogP contribution in [0.2, 0.25) is 0 Å². The summed E-state index contributed by atoms with van der Waals surface area (Å²) in [6.07, 6.45) is 1.05. The van der Waals surface area contributed by atoms with Gasteiger partial charge in [-0.1, -0.05) is 20.8 Å². The van der Waals surface area contributed by atoms with Crippen molar-refractivity contribution in [3.63, 3.8) is 0 Å². The highest BCUT2D eigenvalue weighted by atomic mass is 15.2. The van der Waals surface area contributed by atoms with Gasteiger partial charge in [0.1, 0.15) is 0 Å². The highest BCUT2D eigenvalue weighted by Gasteiger charge is 2.08. The van der Waals surface area contributed by atoms with Crippen LogP contribution in [0.4, 0.5) is 0 Å². The molecule has 1 atom stereocenters. The van der Waals surface area contributed by atoms with E-state index in [9.17, 15) is 0 Å². The van der Waals surface area contributed by atoms with Crippen molar-refractivity contribution in [1.82, 2.24) is 15.5 Å². The average Bonchev–Trinajstić information content (AvgIpc) is 2.29. The molecule has 0 amide bonds. The maximum Gasteiger partial charge on any atom is 0.0165 e. The Hall–Kier alpha value is -0.160. The lowest BCUT2D eigenvalue weighted by Crippen LogP contribution is -2.43. The molecule has 0 aliphatic carbocycles. The molecule has 1 unspecified atom stereocenters. The van der Waals surface area contributed by atoms with E-state index in [2.05, 4.69) is 36.3 Å². The fourth-order valence-electron chi connectivity index (χ4n) is 1.58. The van der Waals surface area contributed by atoms with Gasteiger partial charge >= 0.3 is 0 Å². The van der Waals surface area contributed by atoms with E-state index in [0.29, 0.717) is 6.04 Å². The van der Waals surface area contributed by atoms with Crippen LogP contribution >= 0.6 is 0 Å². The van der Waals surface area contributed by atoms with Crippen molar-refractivity contribution >= 4 is 0 Å². The predicted molar refractivity (Wildman–Crippen MR) is 71.8 cm³/mol. The van der Waals surface area contributed by atoms with Crippen LogP contribution in [0.15, 0.2) is 0 Å². The number of nitrogens with one attached hydrogen (secondary N) is 2. The Labute approximate surface area is 101 Å². The largest absolute Gasteiger partial charge is 0.327 e. The summed E-state index contributed by atoms with van der Waals surface area (Å²) < 4.78 is 0. The van der Waals surface area contributed by atoms with Gasteiger partial charge in [0.25, 0.3) is 0 Å². The molecule has 0 radical (unpaired) electrons. The Morgan fingerprint density at radius 2 is 1.50 bits per heavy atom. The van der Waals surface area contributed by atoms with Crippen LogP contribution in [0, 0.1) is 0 Å². The summed E-state index contributed by atoms with van der Waals surface area (Å²) in [5.41, 5.74) is 6.00. The van der Waals surface area contributed by atoms with Crippen LogP contribution < -0.4 is 16.4 Å². The summed E-state index contributed by atoms with van der Waals surface area (Å²) in [7, 11) is 0. The van der Waals surface area contributed by atoms with Crippen LogP contribution in [0.3, 0.4) is 0 Å². The smallest absolute Gasteiger partial charge is 0.0165 e. The zero-order chi connectivity index (χ0) is 12.2. The molecule has 0 aromatic rings. The van der Waals surface area contributed by atoms with Crippen LogP contribution in [-0.4, -0.2) is 56.8 Å². The molecule has 16 heavy (non-hydrogen) atoms. The van der Waals surface area contributed by atoms with Crippen LogP contribution in [0.25, 0.3) is 0 Å². The van der Waals surface area contributed by atoms with Gasteiger partial charge in [-0.15, -0.1) is 0 Å². The summed E-state index contributed by atoms with van der Waals surface area (Å²) in [4.78, 5) is 2.44. The van der Waals surface area contributed by atoms with Crippen molar-refractivity contribution < 1.29 is 0 Å². The number of nitrogens with two attached hydrogens (primary N) is 1. The minimum atomic E-state index is 0.309. The fourth-order valence-corrected chi connectivity index (χ4v) is 1.58. The highest BCUT2D eigenvalue weighted by molar-refractivity contribution is 4.68. The second-order valence-electron chi connectivity index (χ2n) is 4.18. The lowest BCUT2D eigenvalue weighted by Gasteiger charge is -2.25. The molecule has 0 aliphatic rings. The van der Waals surface area contributed by atoms with Gasteiger partial charge in [-0.2, -0.15) is 0 Å². The molecule has 4 N–H and O–H groups in total. The summed E-state index contributed by atoms with van der Waals surface area (Å²) in [6, 6.07) is 0.309. The molecular formula is C12H30N4. The molecule has 0 heterocycles. The minimum absolute atomic E-state index is 0.309. The maximum absolute atomic E-state index is 6.00. The predicted octanol–water partition coefficient (Wildman–Crippen LogP) is 0.245. The van der Waals surface area contributed by atoms with E-state index in [1.807, 2.05) is 0 Å². The molecule has 4 heteroatoms. The summed E-state index contributed by atoms with van der Waals surface area (Å²) >= 11 is 0. The molecule has 4 nitrogen and oxygen atoms in total. The Kier molecular flexibility index (Phi) is 11.2. The van der Waals surface area contributed by atoms with E-state index >= 15 is 0 Å². The average molecular weight is 230 g/mol. The van der Waals surface area contributed by atoms with Crippen LogP contribution in [0.5, 0.6) is 0 Å². The Bertz CT molecular complexity index is 131. The third-order valence-electron chi connectivity index (χ3n) is 2.73. The van der Waals surface area contributed by atoms with Gasteiger partial charge < -0.3 is 16.4 Å². The second kappa shape index (κ2) is 11.3. The van der Waals surface area contributed by atoms with Crippen molar-refractivity contribution in [2.45, 2.75) is 33.2 Å². The quantitative estimate of drug-likeness (QED) is 0.445. The standard InChI is InChI=1S/C12H30N4/c1-4-12(13)11-16(9-7-14-5-2)10-8-15-6-3/h12,14-15H,4-11,13H2,1-3H3. The number of nitrogens with zero attached hydrogens (tertiary/aromatic N) is 1. The van der Waals surface area contributed by atoms with Gasteiger partial charge in [0.05, 0.1) is 0 Å². The Balaban J connectivity index is 3.75.